The fourth-order valence-electron chi connectivity index (χ4n) is 2.25. The molecule has 0 aromatic rings. The number of nitrogens with one attached hydrogen (secondary N) is 1. The average Bonchev–Trinajstić information content (AvgIpc) is 2.35. The molecule has 7 nitrogen and oxygen atoms in total. The Morgan fingerprint density at radius 2 is 1.89 bits per heavy atom. The second kappa shape index (κ2) is 7.18. The van der Waals surface area contributed by atoms with Gasteiger partial charge in [0.2, 0.25) is 15.9 Å². The van der Waals surface area contributed by atoms with Gasteiger partial charge >= 0.3 is 0 Å². The van der Waals surface area contributed by atoms with Crippen LogP contribution in [0.1, 0.15) is 13.3 Å². The molecule has 1 heterocycles. The SMILES string of the molecule is CCNC(=O)CC(CN)N1CCN(S(C)(=O)=O)CC1. The zero-order chi connectivity index (χ0) is 14.5. The molecule has 1 saturated heterocycles. The third-order valence-corrected chi connectivity index (χ3v) is 4.63. The fourth-order valence-corrected chi connectivity index (χ4v) is 3.07. The van der Waals surface area contributed by atoms with Gasteiger partial charge in [-0.2, -0.15) is 4.31 Å². The molecule has 0 spiro atoms. The highest BCUT2D eigenvalue weighted by molar-refractivity contribution is 7.88. The molecule has 112 valence electrons. The van der Waals surface area contributed by atoms with Crippen LogP contribution in [-0.2, 0) is 14.8 Å². The Morgan fingerprint density at radius 3 is 2.32 bits per heavy atom. The number of hydrogen-bond donors (Lipinski definition) is 2. The quantitative estimate of drug-likeness (QED) is 0.616. The summed E-state index contributed by atoms with van der Waals surface area (Å²) < 4.78 is 24.3. The van der Waals surface area contributed by atoms with Crippen LogP contribution >= 0.6 is 0 Å². The van der Waals surface area contributed by atoms with Crippen molar-refractivity contribution in [2.45, 2.75) is 19.4 Å². The molecule has 1 unspecified atom stereocenters. The van der Waals surface area contributed by atoms with E-state index in [0.29, 0.717) is 45.7 Å². The van der Waals surface area contributed by atoms with Crippen LogP contribution in [0.5, 0.6) is 0 Å². The molecule has 1 aliphatic heterocycles. The van der Waals surface area contributed by atoms with Gasteiger partial charge in [-0.15, -0.1) is 0 Å². The third-order valence-electron chi connectivity index (χ3n) is 3.33. The smallest absolute Gasteiger partial charge is 0.221 e. The first-order chi connectivity index (χ1) is 8.88. The summed E-state index contributed by atoms with van der Waals surface area (Å²) in [7, 11) is -3.12. The first-order valence-corrected chi connectivity index (χ1v) is 8.39. The van der Waals surface area contributed by atoms with Gasteiger partial charge < -0.3 is 11.1 Å². The Kier molecular flexibility index (Phi) is 6.18. The van der Waals surface area contributed by atoms with Crippen LogP contribution in [0.3, 0.4) is 0 Å². The van der Waals surface area contributed by atoms with E-state index in [4.69, 9.17) is 5.73 Å². The lowest BCUT2D eigenvalue weighted by Crippen LogP contribution is -2.54. The Bertz CT molecular complexity index is 391. The Hall–Kier alpha value is -0.700. The second-order valence-electron chi connectivity index (χ2n) is 4.75. The molecule has 0 radical (unpaired) electrons. The van der Waals surface area contributed by atoms with Crippen LogP contribution < -0.4 is 11.1 Å². The Morgan fingerprint density at radius 1 is 1.32 bits per heavy atom. The van der Waals surface area contributed by atoms with Crippen molar-refractivity contribution in [2.24, 2.45) is 5.73 Å². The van der Waals surface area contributed by atoms with E-state index < -0.39 is 10.0 Å². The van der Waals surface area contributed by atoms with E-state index in [1.165, 1.54) is 10.6 Å². The van der Waals surface area contributed by atoms with Crippen LogP contribution in [0.25, 0.3) is 0 Å². The molecule has 0 aliphatic carbocycles. The molecule has 0 saturated carbocycles. The van der Waals surface area contributed by atoms with Crippen molar-refractivity contribution in [1.29, 1.82) is 0 Å². The third kappa shape index (κ3) is 5.06. The molecule has 19 heavy (non-hydrogen) atoms. The number of hydrogen-bond acceptors (Lipinski definition) is 5. The van der Waals surface area contributed by atoms with Gasteiger partial charge in [0.15, 0.2) is 0 Å². The van der Waals surface area contributed by atoms with Crippen LogP contribution in [0.2, 0.25) is 0 Å². The molecule has 0 bridgehead atoms. The normalized spacial score (nSPS) is 20.2. The number of carbonyl (C=O) groups is 1. The number of rotatable bonds is 6. The van der Waals surface area contributed by atoms with Crippen molar-refractivity contribution in [1.82, 2.24) is 14.5 Å². The lowest BCUT2D eigenvalue weighted by molar-refractivity contribution is -0.122. The van der Waals surface area contributed by atoms with Crippen LogP contribution in [-0.4, -0.2) is 75.1 Å². The summed E-state index contributed by atoms with van der Waals surface area (Å²) in [5.74, 6) is -0.0107. The Labute approximate surface area is 115 Å². The monoisotopic (exact) mass is 292 g/mol. The highest BCUT2D eigenvalue weighted by Gasteiger charge is 2.27. The summed E-state index contributed by atoms with van der Waals surface area (Å²) in [5, 5.41) is 2.75. The van der Waals surface area contributed by atoms with E-state index in [1.807, 2.05) is 6.92 Å². The second-order valence-corrected chi connectivity index (χ2v) is 6.73. The van der Waals surface area contributed by atoms with Gasteiger partial charge in [0.1, 0.15) is 0 Å². The number of nitrogens with two attached hydrogens (primary N) is 1. The van der Waals surface area contributed by atoms with Crippen molar-refractivity contribution < 1.29 is 13.2 Å². The minimum atomic E-state index is -3.12. The molecule has 1 amide bonds. The highest BCUT2D eigenvalue weighted by Crippen LogP contribution is 2.11. The minimum absolute atomic E-state index is 0.0107. The summed E-state index contributed by atoms with van der Waals surface area (Å²) in [6, 6.07) is -0.0201. The molecule has 3 N–H and O–H groups in total. The maximum Gasteiger partial charge on any atom is 0.221 e. The molecule has 0 aromatic carbocycles. The molecular weight excluding hydrogens is 268 g/mol. The first kappa shape index (κ1) is 16.4. The summed E-state index contributed by atoms with van der Waals surface area (Å²) in [4.78, 5) is 13.7. The summed E-state index contributed by atoms with van der Waals surface area (Å²) in [5.41, 5.74) is 5.71. The topological polar surface area (TPSA) is 95.7 Å². The molecule has 1 rings (SSSR count). The first-order valence-electron chi connectivity index (χ1n) is 6.54. The van der Waals surface area contributed by atoms with Crippen LogP contribution in [0.4, 0.5) is 0 Å². The van der Waals surface area contributed by atoms with E-state index >= 15 is 0 Å². The summed E-state index contributed by atoms with van der Waals surface area (Å²) >= 11 is 0. The van der Waals surface area contributed by atoms with Gasteiger partial charge in [-0.25, -0.2) is 8.42 Å². The van der Waals surface area contributed by atoms with Gasteiger partial charge in [-0.3, -0.25) is 9.69 Å². The summed E-state index contributed by atoms with van der Waals surface area (Å²) in [6.45, 7) is 5.05. The van der Waals surface area contributed by atoms with E-state index in [0.717, 1.165) is 0 Å². The molecule has 1 fully saturated rings. The van der Waals surface area contributed by atoms with Crippen molar-refractivity contribution in [3.05, 3.63) is 0 Å². The number of carbonyl (C=O) groups excluding carboxylic acids is 1. The zero-order valence-electron chi connectivity index (χ0n) is 11.6. The lowest BCUT2D eigenvalue weighted by atomic mass is 10.1. The van der Waals surface area contributed by atoms with Crippen molar-refractivity contribution in [2.75, 3.05) is 45.5 Å². The number of piperazine rings is 1. The van der Waals surface area contributed by atoms with Crippen LogP contribution in [0.15, 0.2) is 0 Å². The fraction of sp³-hybridized carbons (Fsp3) is 0.909. The number of sulfonamides is 1. The molecule has 0 aromatic heterocycles. The molecule has 1 atom stereocenters. The largest absolute Gasteiger partial charge is 0.356 e. The summed E-state index contributed by atoms with van der Waals surface area (Å²) in [6.07, 6.45) is 1.58. The van der Waals surface area contributed by atoms with Crippen molar-refractivity contribution in [3.8, 4) is 0 Å². The van der Waals surface area contributed by atoms with Gasteiger partial charge in [-0.1, -0.05) is 0 Å². The predicted octanol–water partition coefficient (Wildman–Crippen LogP) is -1.58. The average molecular weight is 292 g/mol. The van der Waals surface area contributed by atoms with E-state index in [-0.39, 0.29) is 11.9 Å². The standard InChI is InChI=1S/C11H24N4O3S/c1-3-13-11(16)8-10(9-12)14-4-6-15(7-5-14)19(2,17)18/h10H,3-9,12H2,1-2H3,(H,13,16). The number of nitrogens with zero attached hydrogens (tertiary/aromatic N) is 2. The maximum atomic E-state index is 11.6. The molecular formula is C11H24N4O3S. The number of amides is 1. The van der Waals surface area contributed by atoms with Gasteiger partial charge in [0.05, 0.1) is 6.26 Å². The molecule has 8 heteroatoms. The molecule has 1 aliphatic rings. The van der Waals surface area contributed by atoms with Crippen molar-refractivity contribution in [3.63, 3.8) is 0 Å². The van der Waals surface area contributed by atoms with Crippen molar-refractivity contribution >= 4 is 15.9 Å². The predicted molar refractivity (Wildman–Crippen MR) is 74.1 cm³/mol. The van der Waals surface area contributed by atoms with Gasteiger partial charge in [0.25, 0.3) is 0 Å². The van der Waals surface area contributed by atoms with E-state index in [9.17, 15) is 13.2 Å². The Balaban J connectivity index is 2.50. The minimum Gasteiger partial charge on any atom is -0.356 e. The lowest BCUT2D eigenvalue weighted by Gasteiger charge is -2.37. The van der Waals surface area contributed by atoms with Gasteiger partial charge in [-0.05, 0) is 6.92 Å². The van der Waals surface area contributed by atoms with Gasteiger partial charge in [0, 0.05) is 51.7 Å². The van der Waals surface area contributed by atoms with E-state index in [2.05, 4.69) is 10.2 Å². The van der Waals surface area contributed by atoms with E-state index in [1.54, 1.807) is 0 Å². The zero-order valence-corrected chi connectivity index (χ0v) is 12.4. The maximum absolute atomic E-state index is 11.6. The van der Waals surface area contributed by atoms with Crippen LogP contribution in [0, 0.1) is 0 Å². The highest BCUT2D eigenvalue weighted by atomic mass is 32.2.